The van der Waals surface area contributed by atoms with Crippen molar-refractivity contribution < 1.29 is 14.5 Å². The molecule has 2 fully saturated rings. The maximum Gasteiger partial charge on any atom is 0.269 e. The van der Waals surface area contributed by atoms with Crippen molar-refractivity contribution in [2.45, 2.75) is 19.3 Å². The minimum atomic E-state index is -0.404. The molecule has 2 aliphatic heterocycles. The Morgan fingerprint density at radius 1 is 0.906 bits per heavy atom. The Morgan fingerprint density at radius 2 is 1.59 bits per heavy atom. The first-order valence-electron chi connectivity index (χ1n) is 11.1. The molecule has 2 aromatic carbocycles. The molecule has 0 N–H and O–H groups in total. The topological polar surface area (TPSA) is 87.0 Å². The van der Waals surface area contributed by atoms with Crippen LogP contribution in [-0.2, 0) is 16.0 Å². The van der Waals surface area contributed by atoms with Crippen molar-refractivity contribution in [1.82, 2.24) is 9.80 Å². The third-order valence-corrected chi connectivity index (χ3v) is 6.34. The van der Waals surface area contributed by atoms with Crippen molar-refractivity contribution in [1.29, 1.82) is 0 Å². The second-order valence-electron chi connectivity index (χ2n) is 8.43. The fourth-order valence-corrected chi connectivity index (χ4v) is 4.52. The maximum atomic E-state index is 13.1. The number of piperazine rings is 1. The van der Waals surface area contributed by atoms with Crippen molar-refractivity contribution in [3.63, 3.8) is 0 Å². The van der Waals surface area contributed by atoms with E-state index < -0.39 is 4.92 Å². The molecule has 168 valence electrons. The van der Waals surface area contributed by atoms with Gasteiger partial charge in [-0.1, -0.05) is 30.3 Å². The molecule has 2 aliphatic rings. The van der Waals surface area contributed by atoms with Gasteiger partial charge in [0.25, 0.3) is 5.69 Å². The summed E-state index contributed by atoms with van der Waals surface area (Å²) in [4.78, 5) is 42.2. The quantitative estimate of drug-likeness (QED) is 0.531. The summed E-state index contributed by atoms with van der Waals surface area (Å²) in [6, 6.07) is 16.2. The number of carbonyl (C=O) groups is 2. The van der Waals surface area contributed by atoms with Gasteiger partial charge in [0.15, 0.2) is 0 Å². The van der Waals surface area contributed by atoms with Crippen LogP contribution in [0.25, 0.3) is 0 Å². The molecule has 0 radical (unpaired) electrons. The standard InChI is InChI=1S/C24H28N4O4/c29-23(17-19-5-2-1-3-6-19)27-12-4-7-20(18-27)24(30)26-15-13-25(14-16-26)21-8-10-22(11-9-21)28(31)32/h1-3,5-6,8-11,20H,4,7,12-18H2. The first-order valence-corrected chi connectivity index (χ1v) is 11.1. The van der Waals surface area contributed by atoms with Gasteiger partial charge in [-0.2, -0.15) is 0 Å². The summed E-state index contributed by atoms with van der Waals surface area (Å²) < 4.78 is 0. The number of benzene rings is 2. The number of nitro benzene ring substituents is 1. The molecule has 4 rings (SSSR count). The summed E-state index contributed by atoms with van der Waals surface area (Å²) in [7, 11) is 0. The number of likely N-dealkylation sites (tertiary alicyclic amines) is 1. The van der Waals surface area contributed by atoms with E-state index in [0.717, 1.165) is 24.1 Å². The van der Waals surface area contributed by atoms with Gasteiger partial charge in [-0.15, -0.1) is 0 Å². The first kappa shape index (κ1) is 21.8. The van der Waals surface area contributed by atoms with Crippen LogP contribution in [-0.4, -0.2) is 65.8 Å². The van der Waals surface area contributed by atoms with E-state index in [1.54, 1.807) is 12.1 Å². The summed E-state index contributed by atoms with van der Waals surface area (Å²) in [5.74, 6) is 0.0663. The van der Waals surface area contributed by atoms with Crippen molar-refractivity contribution in [2.75, 3.05) is 44.2 Å². The Balaban J connectivity index is 1.29. The normalized spacial score (nSPS) is 19.0. The highest BCUT2D eigenvalue weighted by Crippen LogP contribution is 2.23. The molecule has 0 spiro atoms. The fraction of sp³-hybridized carbons (Fsp3) is 0.417. The van der Waals surface area contributed by atoms with E-state index in [1.165, 1.54) is 12.1 Å². The van der Waals surface area contributed by atoms with Gasteiger partial charge < -0.3 is 14.7 Å². The number of carbonyl (C=O) groups excluding carboxylic acids is 2. The molecule has 1 unspecified atom stereocenters. The summed E-state index contributed by atoms with van der Waals surface area (Å²) in [5.41, 5.74) is 2.00. The lowest BCUT2D eigenvalue weighted by Crippen LogP contribution is -2.53. The van der Waals surface area contributed by atoms with Crippen LogP contribution >= 0.6 is 0 Å². The molecule has 2 amide bonds. The molecule has 2 aromatic rings. The summed E-state index contributed by atoms with van der Waals surface area (Å²) in [6.07, 6.45) is 2.03. The van der Waals surface area contributed by atoms with E-state index in [4.69, 9.17) is 0 Å². The molecule has 0 aliphatic carbocycles. The minimum absolute atomic E-state index is 0.0752. The monoisotopic (exact) mass is 436 g/mol. The molecule has 32 heavy (non-hydrogen) atoms. The number of hydrogen-bond acceptors (Lipinski definition) is 5. The van der Waals surface area contributed by atoms with Gasteiger partial charge in [-0.05, 0) is 30.5 Å². The van der Waals surface area contributed by atoms with Crippen molar-refractivity contribution >= 4 is 23.2 Å². The summed E-state index contributed by atoms with van der Waals surface area (Å²) >= 11 is 0. The summed E-state index contributed by atoms with van der Waals surface area (Å²) in [5, 5.41) is 10.8. The second kappa shape index (κ2) is 9.80. The number of amides is 2. The highest BCUT2D eigenvalue weighted by molar-refractivity contribution is 5.82. The molecule has 0 saturated carbocycles. The van der Waals surface area contributed by atoms with E-state index >= 15 is 0 Å². The molecule has 0 bridgehead atoms. The zero-order valence-electron chi connectivity index (χ0n) is 18.1. The third kappa shape index (κ3) is 5.07. The van der Waals surface area contributed by atoms with Crippen molar-refractivity contribution in [3.05, 3.63) is 70.3 Å². The second-order valence-corrected chi connectivity index (χ2v) is 8.43. The molecule has 2 heterocycles. The van der Waals surface area contributed by atoms with Crippen molar-refractivity contribution in [2.24, 2.45) is 5.92 Å². The van der Waals surface area contributed by atoms with Crippen LogP contribution in [0.1, 0.15) is 18.4 Å². The highest BCUT2D eigenvalue weighted by Gasteiger charge is 2.32. The number of rotatable bonds is 5. The Morgan fingerprint density at radius 3 is 2.25 bits per heavy atom. The van der Waals surface area contributed by atoms with Gasteiger partial charge >= 0.3 is 0 Å². The number of anilines is 1. The zero-order valence-corrected chi connectivity index (χ0v) is 18.1. The number of nitrogens with zero attached hydrogens (tertiary/aromatic N) is 4. The zero-order chi connectivity index (χ0) is 22.5. The van der Waals surface area contributed by atoms with Crippen LogP contribution in [0.4, 0.5) is 11.4 Å². The Kier molecular flexibility index (Phi) is 6.68. The van der Waals surface area contributed by atoms with Gasteiger partial charge in [-0.3, -0.25) is 19.7 Å². The van der Waals surface area contributed by atoms with Crippen LogP contribution in [0.5, 0.6) is 0 Å². The van der Waals surface area contributed by atoms with Gasteiger partial charge in [0, 0.05) is 57.1 Å². The van der Waals surface area contributed by atoms with Gasteiger partial charge in [0.1, 0.15) is 0 Å². The van der Waals surface area contributed by atoms with Gasteiger partial charge in [-0.25, -0.2) is 0 Å². The highest BCUT2D eigenvalue weighted by atomic mass is 16.6. The smallest absolute Gasteiger partial charge is 0.269 e. The lowest BCUT2D eigenvalue weighted by Gasteiger charge is -2.39. The number of hydrogen-bond donors (Lipinski definition) is 0. The van der Waals surface area contributed by atoms with E-state index in [-0.39, 0.29) is 23.4 Å². The predicted octanol–water partition coefficient (Wildman–Crippen LogP) is 2.72. The minimum Gasteiger partial charge on any atom is -0.368 e. The predicted molar refractivity (Wildman–Crippen MR) is 121 cm³/mol. The van der Waals surface area contributed by atoms with E-state index in [9.17, 15) is 19.7 Å². The first-order chi connectivity index (χ1) is 15.5. The summed E-state index contributed by atoms with van der Waals surface area (Å²) in [6.45, 7) is 3.81. The SMILES string of the molecule is O=C(Cc1ccccc1)N1CCCC(C(=O)N2CCN(c3ccc([N+](=O)[O-])cc3)CC2)C1. The molecular formula is C24H28N4O4. The van der Waals surface area contributed by atoms with Crippen LogP contribution in [0.2, 0.25) is 0 Å². The van der Waals surface area contributed by atoms with Crippen LogP contribution in [0.3, 0.4) is 0 Å². The van der Waals surface area contributed by atoms with E-state index in [0.29, 0.717) is 45.7 Å². The lowest BCUT2D eigenvalue weighted by molar-refractivity contribution is -0.384. The number of non-ortho nitro benzene ring substituents is 1. The van der Waals surface area contributed by atoms with Crippen molar-refractivity contribution in [3.8, 4) is 0 Å². The molecule has 8 nitrogen and oxygen atoms in total. The van der Waals surface area contributed by atoms with Crippen LogP contribution in [0.15, 0.2) is 54.6 Å². The maximum absolute atomic E-state index is 13.1. The van der Waals surface area contributed by atoms with Gasteiger partial charge in [0.2, 0.25) is 11.8 Å². The average Bonchev–Trinajstić information content (AvgIpc) is 2.84. The molecular weight excluding hydrogens is 408 g/mol. The van der Waals surface area contributed by atoms with E-state index in [1.807, 2.05) is 40.1 Å². The fourth-order valence-electron chi connectivity index (χ4n) is 4.52. The lowest BCUT2D eigenvalue weighted by atomic mass is 9.95. The Hall–Kier alpha value is -3.42. The molecule has 8 heteroatoms. The van der Waals surface area contributed by atoms with Gasteiger partial charge in [0.05, 0.1) is 17.3 Å². The molecule has 1 atom stereocenters. The number of piperidine rings is 1. The average molecular weight is 437 g/mol. The number of nitro groups is 1. The molecule has 0 aromatic heterocycles. The Bertz CT molecular complexity index is 956. The third-order valence-electron chi connectivity index (χ3n) is 6.34. The van der Waals surface area contributed by atoms with Crippen LogP contribution in [0, 0.1) is 16.0 Å². The molecule has 2 saturated heterocycles. The Labute approximate surface area is 187 Å². The van der Waals surface area contributed by atoms with E-state index in [2.05, 4.69) is 4.90 Å². The van der Waals surface area contributed by atoms with Crippen LogP contribution < -0.4 is 4.90 Å². The largest absolute Gasteiger partial charge is 0.368 e.